The number of nitrogens with zero attached hydrogens (tertiary/aromatic N) is 3. The van der Waals surface area contributed by atoms with E-state index in [2.05, 4.69) is 25.8 Å². The van der Waals surface area contributed by atoms with Crippen LogP contribution in [-0.4, -0.2) is 37.8 Å². The van der Waals surface area contributed by atoms with Gasteiger partial charge in [0.15, 0.2) is 0 Å². The number of carbonyl (C=O) groups excluding carboxylic acids is 1. The van der Waals surface area contributed by atoms with Crippen LogP contribution in [0.4, 0.5) is 10.7 Å². The van der Waals surface area contributed by atoms with Crippen LogP contribution in [0, 0.1) is 0 Å². The number of carboxylic acid groups (broad SMARTS) is 1. The first-order chi connectivity index (χ1) is 9.50. The van der Waals surface area contributed by atoms with Crippen molar-refractivity contribution < 1.29 is 14.7 Å². The lowest BCUT2D eigenvalue weighted by atomic mass is 10.2. The highest BCUT2D eigenvalue weighted by atomic mass is 16.4. The van der Waals surface area contributed by atoms with Gasteiger partial charge in [-0.25, -0.2) is 14.6 Å². The van der Waals surface area contributed by atoms with Gasteiger partial charge in [-0.3, -0.25) is 5.32 Å². The summed E-state index contributed by atoms with van der Waals surface area (Å²) in [6.07, 6.45) is 2.28. The van der Waals surface area contributed by atoms with E-state index in [-0.39, 0.29) is 5.95 Å². The Kier molecular flexibility index (Phi) is 3.82. The minimum Gasteiger partial charge on any atom is -0.480 e. The highest BCUT2D eigenvalue weighted by molar-refractivity contribution is 5.94. The molecule has 1 heterocycles. The molecule has 20 heavy (non-hydrogen) atoms. The molecule has 0 saturated heterocycles. The van der Waals surface area contributed by atoms with Crippen molar-refractivity contribution in [1.82, 2.24) is 20.5 Å². The molecule has 3 N–H and O–H groups in total. The number of carbonyl (C=O) groups is 2. The number of hydrogen-bond donors (Lipinski definition) is 3. The molecule has 1 aromatic heterocycles. The fraction of sp³-hybridized carbons (Fsp3) is 0.583. The minimum absolute atomic E-state index is 0.0812. The molecule has 1 aliphatic rings. The predicted octanol–water partition coefficient (Wildman–Crippen LogP) is 0.735. The van der Waals surface area contributed by atoms with Crippen LogP contribution in [0.25, 0.3) is 0 Å². The number of anilines is 1. The summed E-state index contributed by atoms with van der Waals surface area (Å²) in [4.78, 5) is 26.9. The molecule has 0 unspecified atom stereocenters. The summed E-state index contributed by atoms with van der Waals surface area (Å²) in [5, 5.41) is 21.6. The van der Waals surface area contributed by atoms with Crippen molar-refractivity contribution in [3.63, 3.8) is 0 Å². The fourth-order valence-electron chi connectivity index (χ4n) is 1.86. The van der Waals surface area contributed by atoms with Crippen molar-refractivity contribution in [2.45, 2.75) is 45.1 Å². The first-order valence-electron chi connectivity index (χ1n) is 6.55. The molecule has 1 aromatic rings. The zero-order valence-corrected chi connectivity index (χ0v) is 11.4. The van der Waals surface area contributed by atoms with Gasteiger partial charge in [0, 0.05) is 0 Å². The standard InChI is InChI=1S/C12H17N5O3/c1-3-7-8(4-2)16-17-10(13-7)14-11(20)15-12(5-6-12)9(18)19/h3-6H2,1-2H3,(H,18,19)(H2,13,14,15,17,20). The first kappa shape index (κ1) is 14.2. The lowest BCUT2D eigenvalue weighted by Gasteiger charge is -2.13. The number of aryl methyl sites for hydroxylation is 2. The van der Waals surface area contributed by atoms with E-state index in [9.17, 15) is 9.59 Å². The molecule has 1 aliphatic carbocycles. The zero-order chi connectivity index (χ0) is 14.8. The van der Waals surface area contributed by atoms with Gasteiger partial charge < -0.3 is 10.4 Å². The summed E-state index contributed by atoms with van der Waals surface area (Å²) >= 11 is 0. The van der Waals surface area contributed by atoms with Crippen LogP contribution in [0.5, 0.6) is 0 Å². The predicted molar refractivity (Wildman–Crippen MR) is 70.3 cm³/mol. The molecule has 8 nitrogen and oxygen atoms in total. The van der Waals surface area contributed by atoms with Gasteiger partial charge in [-0.15, -0.1) is 10.2 Å². The third kappa shape index (κ3) is 2.84. The van der Waals surface area contributed by atoms with Crippen LogP contribution < -0.4 is 10.6 Å². The van der Waals surface area contributed by atoms with Crippen LogP contribution in [0.1, 0.15) is 38.1 Å². The van der Waals surface area contributed by atoms with Crippen molar-refractivity contribution in [2.75, 3.05) is 5.32 Å². The van der Waals surface area contributed by atoms with E-state index in [0.717, 1.165) is 17.8 Å². The number of rotatable bonds is 5. The summed E-state index contributed by atoms with van der Waals surface area (Å²) in [7, 11) is 0. The molecule has 0 spiro atoms. The number of amides is 2. The molecular formula is C12H17N5O3. The average molecular weight is 279 g/mol. The normalized spacial score (nSPS) is 15.5. The third-order valence-electron chi connectivity index (χ3n) is 3.25. The van der Waals surface area contributed by atoms with Crippen LogP contribution in [-0.2, 0) is 17.6 Å². The van der Waals surface area contributed by atoms with Crippen LogP contribution in [0.3, 0.4) is 0 Å². The van der Waals surface area contributed by atoms with E-state index in [1.54, 1.807) is 0 Å². The Hall–Kier alpha value is -2.25. The largest absolute Gasteiger partial charge is 0.480 e. The molecule has 2 amide bonds. The maximum Gasteiger partial charge on any atom is 0.329 e. The van der Waals surface area contributed by atoms with Gasteiger partial charge in [0.05, 0.1) is 11.4 Å². The Bertz CT molecular complexity index is 542. The molecule has 8 heteroatoms. The molecular weight excluding hydrogens is 262 g/mol. The second-order valence-corrected chi connectivity index (χ2v) is 4.70. The zero-order valence-electron chi connectivity index (χ0n) is 11.4. The molecule has 0 aromatic carbocycles. The summed E-state index contributed by atoms with van der Waals surface area (Å²) in [6.45, 7) is 3.89. The van der Waals surface area contributed by atoms with Gasteiger partial charge >= 0.3 is 12.0 Å². The average Bonchev–Trinajstić information content (AvgIpc) is 3.19. The van der Waals surface area contributed by atoms with Gasteiger partial charge in [-0.2, -0.15) is 0 Å². The number of carboxylic acids is 1. The van der Waals surface area contributed by atoms with E-state index < -0.39 is 17.5 Å². The Morgan fingerprint density at radius 1 is 1.20 bits per heavy atom. The van der Waals surface area contributed by atoms with Gasteiger partial charge in [-0.05, 0) is 25.7 Å². The highest BCUT2D eigenvalue weighted by Gasteiger charge is 2.51. The number of nitrogens with one attached hydrogen (secondary N) is 2. The number of urea groups is 1. The maximum atomic E-state index is 11.7. The monoisotopic (exact) mass is 279 g/mol. The summed E-state index contributed by atoms with van der Waals surface area (Å²) in [5.41, 5.74) is 0.439. The topological polar surface area (TPSA) is 117 Å². The number of hydrogen-bond acceptors (Lipinski definition) is 5. The number of aromatic nitrogens is 3. The van der Waals surface area contributed by atoms with Gasteiger partial charge in [0.2, 0.25) is 0 Å². The Morgan fingerprint density at radius 2 is 1.85 bits per heavy atom. The third-order valence-corrected chi connectivity index (χ3v) is 3.25. The summed E-state index contributed by atoms with van der Waals surface area (Å²) in [6, 6.07) is -0.627. The minimum atomic E-state index is -1.13. The van der Waals surface area contributed by atoms with Gasteiger partial charge in [0.25, 0.3) is 5.95 Å². The Morgan fingerprint density at radius 3 is 2.35 bits per heavy atom. The molecule has 1 saturated carbocycles. The molecule has 0 bridgehead atoms. The van der Waals surface area contributed by atoms with Crippen molar-refractivity contribution in [2.24, 2.45) is 0 Å². The van der Waals surface area contributed by atoms with Crippen LogP contribution in [0.2, 0.25) is 0 Å². The maximum absolute atomic E-state index is 11.7. The molecule has 2 rings (SSSR count). The lowest BCUT2D eigenvalue weighted by molar-refractivity contribution is -0.140. The molecule has 1 fully saturated rings. The summed E-state index contributed by atoms with van der Waals surface area (Å²) < 4.78 is 0. The molecule has 0 radical (unpaired) electrons. The van der Waals surface area contributed by atoms with E-state index in [0.29, 0.717) is 19.3 Å². The Labute approximate surface area is 116 Å². The molecule has 108 valence electrons. The van der Waals surface area contributed by atoms with E-state index in [1.165, 1.54) is 0 Å². The van der Waals surface area contributed by atoms with Crippen molar-refractivity contribution in [3.8, 4) is 0 Å². The van der Waals surface area contributed by atoms with E-state index >= 15 is 0 Å². The Balaban J connectivity index is 2.03. The smallest absolute Gasteiger partial charge is 0.329 e. The van der Waals surface area contributed by atoms with Gasteiger partial charge in [0.1, 0.15) is 5.54 Å². The van der Waals surface area contributed by atoms with Crippen molar-refractivity contribution in [3.05, 3.63) is 11.4 Å². The van der Waals surface area contributed by atoms with Crippen molar-refractivity contribution in [1.29, 1.82) is 0 Å². The quantitative estimate of drug-likeness (QED) is 0.731. The van der Waals surface area contributed by atoms with Crippen molar-refractivity contribution >= 4 is 17.9 Å². The van der Waals surface area contributed by atoms with Crippen LogP contribution in [0.15, 0.2) is 0 Å². The van der Waals surface area contributed by atoms with E-state index in [1.807, 2.05) is 13.8 Å². The lowest BCUT2D eigenvalue weighted by Crippen LogP contribution is -2.45. The van der Waals surface area contributed by atoms with Crippen LogP contribution >= 0.6 is 0 Å². The van der Waals surface area contributed by atoms with E-state index in [4.69, 9.17) is 5.11 Å². The second-order valence-electron chi connectivity index (χ2n) is 4.70. The molecule has 0 atom stereocenters. The fourth-order valence-corrected chi connectivity index (χ4v) is 1.86. The molecule has 0 aliphatic heterocycles. The first-order valence-corrected chi connectivity index (χ1v) is 6.55. The second kappa shape index (κ2) is 5.40. The number of aliphatic carboxylic acids is 1. The highest BCUT2D eigenvalue weighted by Crippen LogP contribution is 2.35. The van der Waals surface area contributed by atoms with Gasteiger partial charge in [-0.1, -0.05) is 13.8 Å². The summed E-state index contributed by atoms with van der Waals surface area (Å²) in [5.74, 6) is -0.944. The SMILES string of the molecule is CCc1nnc(NC(=O)NC2(C(=O)O)CC2)nc1CC.